The van der Waals surface area contributed by atoms with E-state index in [1.807, 2.05) is 0 Å². The molecule has 25 heavy (non-hydrogen) atoms. The van der Waals surface area contributed by atoms with Gasteiger partial charge >= 0.3 is 0 Å². The summed E-state index contributed by atoms with van der Waals surface area (Å²) >= 11 is 0.770. The van der Waals surface area contributed by atoms with Gasteiger partial charge in [0.05, 0.1) is 24.0 Å². The van der Waals surface area contributed by atoms with E-state index in [2.05, 4.69) is 5.32 Å². The molecular weight excluding hydrogens is 344 g/mol. The fourth-order valence-electron chi connectivity index (χ4n) is 2.22. The van der Waals surface area contributed by atoms with Crippen LogP contribution in [0, 0.1) is 0 Å². The van der Waals surface area contributed by atoms with Crippen molar-refractivity contribution in [1.82, 2.24) is 4.90 Å². The number of thioether (sulfide) groups is 1. The Balaban J connectivity index is 1.69. The van der Waals surface area contributed by atoms with Crippen molar-refractivity contribution in [2.24, 2.45) is 0 Å². The molecule has 0 bridgehead atoms. The van der Waals surface area contributed by atoms with Crippen LogP contribution in [0.1, 0.15) is 5.76 Å². The van der Waals surface area contributed by atoms with Gasteiger partial charge in [-0.05, 0) is 36.0 Å². The number of carbonyl (C=O) groups excluding carboxylic acids is 3. The Morgan fingerprint density at radius 2 is 2.08 bits per heavy atom. The molecule has 0 saturated carbocycles. The fourth-order valence-corrected chi connectivity index (χ4v) is 3.04. The van der Waals surface area contributed by atoms with Crippen LogP contribution in [0.3, 0.4) is 0 Å². The number of ether oxygens (including phenoxy) is 1. The number of carbonyl (C=O) groups is 3. The molecule has 0 unspecified atom stereocenters. The molecule has 1 fully saturated rings. The highest BCUT2D eigenvalue weighted by molar-refractivity contribution is 8.18. The van der Waals surface area contributed by atoms with E-state index >= 15 is 0 Å². The summed E-state index contributed by atoms with van der Waals surface area (Å²) in [6.07, 6.45) is 2.94. The Kier molecular flexibility index (Phi) is 4.90. The molecule has 128 valence electrons. The molecule has 7 nitrogen and oxygen atoms in total. The first kappa shape index (κ1) is 16.8. The van der Waals surface area contributed by atoms with Gasteiger partial charge in [0.2, 0.25) is 5.91 Å². The van der Waals surface area contributed by atoms with E-state index in [0.29, 0.717) is 17.2 Å². The van der Waals surface area contributed by atoms with E-state index in [9.17, 15) is 14.4 Å². The normalized spacial score (nSPS) is 15.7. The van der Waals surface area contributed by atoms with Crippen molar-refractivity contribution in [3.63, 3.8) is 0 Å². The average Bonchev–Trinajstić information content (AvgIpc) is 3.20. The zero-order valence-electron chi connectivity index (χ0n) is 13.2. The smallest absolute Gasteiger partial charge is 0.294 e. The number of nitrogens with zero attached hydrogens (tertiary/aromatic N) is 1. The van der Waals surface area contributed by atoms with Gasteiger partial charge in [-0.15, -0.1) is 0 Å². The van der Waals surface area contributed by atoms with Crippen LogP contribution in [0.4, 0.5) is 10.5 Å². The molecule has 3 rings (SSSR count). The molecule has 0 aliphatic carbocycles. The highest BCUT2D eigenvalue weighted by Crippen LogP contribution is 2.32. The largest absolute Gasteiger partial charge is 0.495 e. The topological polar surface area (TPSA) is 88.8 Å². The zero-order valence-corrected chi connectivity index (χ0v) is 14.0. The van der Waals surface area contributed by atoms with Crippen LogP contribution in [0.2, 0.25) is 0 Å². The van der Waals surface area contributed by atoms with Gasteiger partial charge in [0, 0.05) is 6.08 Å². The van der Waals surface area contributed by atoms with E-state index in [1.54, 1.807) is 36.4 Å². The maximum atomic E-state index is 12.3. The number of benzene rings is 1. The van der Waals surface area contributed by atoms with Gasteiger partial charge in [-0.2, -0.15) is 0 Å². The van der Waals surface area contributed by atoms with Crippen LogP contribution in [0.15, 0.2) is 52.0 Å². The number of furan rings is 1. The third-order valence-corrected chi connectivity index (χ3v) is 4.28. The SMILES string of the molecule is COc1ccccc1NC(=O)CN1C(=O)S/C(=C\c2ccco2)C1=O. The highest BCUT2D eigenvalue weighted by atomic mass is 32.2. The van der Waals surface area contributed by atoms with Crippen LogP contribution in [-0.4, -0.2) is 35.6 Å². The summed E-state index contributed by atoms with van der Waals surface area (Å²) in [5.41, 5.74) is 0.466. The monoisotopic (exact) mass is 358 g/mol. The first-order valence-corrected chi connectivity index (χ1v) is 8.12. The van der Waals surface area contributed by atoms with Crippen LogP contribution >= 0.6 is 11.8 Å². The maximum Gasteiger partial charge on any atom is 0.294 e. The molecular formula is C17H14N2O5S. The molecule has 1 aromatic carbocycles. The molecule has 0 spiro atoms. The van der Waals surface area contributed by atoms with E-state index in [-0.39, 0.29) is 11.4 Å². The molecule has 0 radical (unpaired) electrons. The predicted molar refractivity (Wildman–Crippen MR) is 93.0 cm³/mol. The van der Waals surface area contributed by atoms with Crippen LogP contribution in [-0.2, 0) is 9.59 Å². The number of para-hydroxylation sites is 2. The number of hydrogen-bond donors (Lipinski definition) is 1. The second kappa shape index (κ2) is 7.27. The second-order valence-corrected chi connectivity index (χ2v) is 6.02. The molecule has 1 aliphatic heterocycles. The van der Waals surface area contributed by atoms with E-state index < -0.39 is 17.1 Å². The Bertz CT molecular complexity index is 844. The van der Waals surface area contributed by atoms with Crippen LogP contribution in [0.25, 0.3) is 6.08 Å². The van der Waals surface area contributed by atoms with Crippen molar-refractivity contribution < 1.29 is 23.5 Å². The van der Waals surface area contributed by atoms with Crippen molar-refractivity contribution in [2.75, 3.05) is 19.0 Å². The van der Waals surface area contributed by atoms with Crippen molar-refractivity contribution in [3.8, 4) is 5.75 Å². The van der Waals surface area contributed by atoms with Crippen LogP contribution < -0.4 is 10.1 Å². The van der Waals surface area contributed by atoms with Gasteiger partial charge in [0.15, 0.2) is 0 Å². The summed E-state index contributed by atoms with van der Waals surface area (Å²) in [5.74, 6) is -0.0701. The third-order valence-electron chi connectivity index (χ3n) is 3.37. The van der Waals surface area contributed by atoms with Crippen molar-refractivity contribution >= 4 is 40.6 Å². The van der Waals surface area contributed by atoms with E-state index in [1.165, 1.54) is 19.4 Å². The Morgan fingerprint density at radius 1 is 1.28 bits per heavy atom. The first-order valence-electron chi connectivity index (χ1n) is 7.30. The van der Waals surface area contributed by atoms with Crippen LogP contribution in [0.5, 0.6) is 5.75 Å². The average molecular weight is 358 g/mol. The summed E-state index contributed by atoms with van der Waals surface area (Å²) in [5, 5.41) is 2.13. The number of imide groups is 1. The predicted octanol–water partition coefficient (Wildman–Crippen LogP) is 2.96. The summed E-state index contributed by atoms with van der Waals surface area (Å²) in [7, 11) is 1.49. The lowest BCUT2D eigenvalue weighted by molar-refractivity contribution is -0.127. The third kappa shape index (κ3) is 3.74. The second-order valence-electron chi connectivity index (χ2n) is 5.03. The van der Waals surface area contributed by atoms with Gasteiger partial charge in [-0.1, -0.05) is 12.1 Å². The molecule has 8 heteroatoms. The number of methoxy groups -OCH3 is 1. The van der Waals surface area contributed by atoms with Gasteiger partial charge < -0.3 is 14.5 Å². The standard InChI is InChI=1S/C17H14N2O5S/c1-23-13-7-3-2-6-12(13)18-15(20)10-19-16(21)14(25-17(19)22)9-11-5-4-8-24-11/h2-9H,10H2,1H3,(H,18,20)/b14-9-. The van der Waals surface area contributed by atoms with Gasteiger partial charge in [0.1, 0.15) is 18.1 Å². The Hall–Kier alpha value is -3.00. The summed E-state index contributed by atoms with van der Waals surface area (Å²) < 4.78 is 10.3. The lowest BCUT2D eigenvalue weighted by Crippen LogP contribution is -2.36. The lowest BCUT2D eigenvalue weighted by Gasteiger charge is -2.14. The van der Waals surface area contributed by atoms with Gasteiger partial charge in [-0.3, -0.25) is 19.3 Å². The zero-order chi connectivity index (χ0) is 17.8. The Labute approximate surface area is 147 Å². The summed E-state index contributed by atoms with van der Waals surface area (Å²) in [6, 6.07) is 10.2. The lowest BCUT2D eigenvalue weighted by atomic mass is 10.3. The molecule has 2 heterocycles. The first-order chi connectivity index (χ1) is 12.1. The van der Waals surface area contributed by atoms with E-state index in [0.717, 1.165) is 16.7 Å². The molecule has 0 atom stereocenters. The summed E-state index contributed by atoms with van der Waals surface area (Å²) in [4.78, 5) is 37.6. The molecule has 1 saturated heterocycles. The quantitative estimate of drug-likeness (QED) is 0.827. The molecule has 2 aromatic rings. The molecule has 1 aromatic heterocycles. The highest BCUT2D eigenvalue weighted by Gasteiger charge is 2.36. The molecule has 1 N–H and O–H groups in total. The molecule has 1 aliphatic rings. The number of amides is 3. The minimum atomic E-state index is -0.526. The van der Waals surface area contributed by atoms with E-state index in [4.69, 9.17) is 9.15 Å². The van der Waals surface area contributed by atoms with Crippen molar-refractivity contribution in [3.05, 3.63) is 53.3 Å². The number of nitrogens with one attached hydrogen (secondary N) is 1. The van der Waals surface area contributed by atoms with Crippen molar-refractivity contribution in [2.45, 2.75) is 0 Å². The number of anilines is 1. The maximum absolute atomic E-state index is 12.3. The van der Waals surface area contributed by atoms with Gasteiger partial charge in [0.25, 0.3) is 11.1 Å². The summed E-state index contributed by atoms with van der Waals surface area (Å²) in [6.45, 7) is -0.377. The minimum Gasteiger partial charge on any atom is -0.495 e. The number of hydrogen-bond acceptors (Lipinski definition) is 6. The fraction of sp³-hybridized carbons (Fsp3) is 0.118. The van der Waals surface area contributed by atoms with Crippen molar-refractivity contribution in [1.29, 1.82) is 0 Å². The minimum absolute atomic E-state index is 0.213. The number of rotatable bonds is 5. The Morgan fingerprint density at radius 3 is 2.80 bits per heavy atom. The molecule has 3 amide bonds. The van der Waals surface area contributed by atoms with Gasteiger partial charge in [-0.25, -0.2) is 0 Å².